The molecular weight excluding hydrogens is 186 g/mol. The van der Waals surface area contributed by atoms with Gasteiger partial charge in [0.25, 0.3) is 0 Å². The Morgan fingerprint density at radius 1 is 1.20 bits per heavy atom. The molecule has 0 aromatic rings. The van der Waals surface area contributed by atoms with E-state index >= 15 is 0 Å². The molecular formula is C12H25N3. The molecule has 2 fully saturated rings. The van der Waals surface area contributed by atoms with Crippen molar-refractivity contribution in [2.75, 3.05) is 46.3 Å². The Hall–Kier alpha value is -0.120. The van der Waals surface area contributed by atoms with Gasteiger partial charge in [-0.3, -0.25) is 0 Å². The molecule has 0 aliphatic carbocycles. The molecule has 2 aliphatic rings. The summed E-state index contributed by atoms with van der Waals surface area (Å²) in [5.41, 5.74) is 0. The number of hydrogen-bond donors (Lipinski definition) is 1. The monoisotopic (exact) mass is 211 g/mol. The molecule has 15 heavy (non-hydrogen) atoms. The quantitative estimate of drug-likeness (QED) is 0.741. The van der Waals surface area contributed by atoms with Crippen LogP contribution in [0.1, 0.15) is 25.7 Å². The van der Waals surface area contributed by atoms with Crippen LogP contribution in [0.3, 0.4) is 0 Å². The van der Waals surface area contributed by atoms with Crippen molar-refractivity contribution in [1.82, 2.24) is 15.1 Å². The number of likely N-dealkylation sites (N-methyl/N-ethyl adjacent to an activating group) is 1. The van der Waals surface area contributed by atoms with Crippen molar-refractivity contribution in [3.8, 4) is 0 Å². The molecule has 88 valence electrons. The molecule has 1 atom stereocenters. The summed E-state index contributed by atoms with van der Waals surface area (Å²) < 4.78 is 0. The van der Waals surface area contributed by atoms with Crippen LogP contribution >= 0.6 is 0 Å². The van der Waals surface area contributed by atoms with Crippen LogP contribution in [0.25, 0.3) is 0 Å². The second-order valence-electron chi connectivity index (χ2n) is 5.03. The summed E-state index contributed by atoms with van der Waals surface area (Å²) >= 11 is 0. The molecule has 2 heterocycles. The smallest absolute Gasteiger partial charge is 0.0218 e. The lowest BCUT2D eigenvalue weighted by molar-refractivity contribution is 0.182. The lowest BCUT2D eigenvalue weighted by atomic mass is 10.1. The number of nitrogens with one attached hydrogen (secondary N) is 1. The fourth-order valence-corrected chi connectivity index (χ4v) is 2.74. The third-order valence-electron chi connectivity index (χ3n) is 3.85. The Bertz CT molecular complexity index is 178. The van der Waals surface area contributed by atoms with Crippen LogP contribution in [-0.2, 0) is 0 Å². The largest absolute Gasteiger partial charge is 0.314 e. The summed E-state index contributed by atoms with van der Waals surface area (Å²) in [6.07, 6.45) is 5.58. The minimum Gasteiger partial charge on any atom is -0.314 e. The van der Waals surface area contributed by atoms with Crippen molar-refractivity contribution in [2.24, 2.45) is 0 Å². The van der Waals surface area contributed by atoms with E-state index in [1.165, 1.54) is 65.0 Å². The summed E-state index contributed by atoms with van der Waals surface area (Å²) in [5.74, 6) is 0. The highest BCUT2D eigenvalue weighted by molar-refractivity contribution is 4.77. The van der Waals surface area contributed by atoms with Crippen LogP contribution in [0.2, 0.25) is 0 Å². The van der Waals surface area contributed by atoms with Crippen molar-refractivity contribution < 1.29 is 0 Å². The number of piperazine rings is 1. The van der Waals surface area contributed by atoms with Gasteiger partial charge in [-0.2, -0.15) is 0 Å². The van der Waals surface area contributed by atoms with Crippen molar-refractivity contribution in [1.29, 1.82) is 0 Å². The topological polar surface area (TPSA) is 18.5 Å². The standard InChI is InChI=1S/C12H25N3/c1-14-10-6-13-11-12(14)5-4-9-15-7-2-3-8-15/h12-13H,2-11H2,1H3. The van der Waals surface area contributed by atoms with Gasteiger partial charge in [0.15, 0.2) is 0 Å². The number of likely N-dealkylation sites (tertiary alicyclic amines) is 1. The predicted octanol–water partition coefficient (Wildman–Crippen LogP) is 0.766. The van der Waals surface area contributed by atoms with Gasteiger partial charge in [-0.15, -0.1) is 0 Å². The van der Waals surface area contributed by atoms with Crippen LogP contribution in [0, 0.1) is 0 Å². The average Bonchev–Trinajstić information content (AvgIpc) is 2.74. The van der Waals surface area contributed by atoms with Gasteiger partial charge < -0.3 is 15.1 Å². The molecule has 2 rings (SSSR count). The first-order valence-electron chi connectivity index (χ1n) is 6.49. The molecule has 0 aromatic carbocycles. The molecule has 1 N–H and O–H groups in total. The van der Waals surface area contributed by atoms with Gasteiger partial charge in [0.2, 0.25) is 0 Å². The number of rotatable bonds is 4. The Morgan fingerprint density at radius 3 is 2.73 bits per heavy atom. The summed E-state index contributed by atoms with van der Waals surface area (Å²) in [5, 5.41) is 3.49. The zero-order valence-corrected chi connectivity index (χ0v) is 10.0. The maximum Gasteiger partial charge on any atom is 0.0218 e. The first-order chi connectivity index (χ1) is 7.36. The predicted molar refractivity (Wildman–Crippen MR) is 64.2 cm³/mol. The Morgan fingerprint density at radius 2 is 2.00 bits per heavy atom. The summed E-state index contributed by atoms with van der Waals surface area (Å²) in [6.45, 7) is 7.59. The van der Waals surface area contributed by atoms with Crippen molar-refractivity contribution in [2.45, 2.75) is 31.7 Å². The lowest BCUT2D eigenvalue weighted by Gasteiger charge is -2.33. The maximum absolute atomic E-state index is 3.49. The summed E-state index contributed by atoms with van der Waals surface area (Å²) in [4.78, 5) is 5.14. The number of hydrogen-bond acceptors (Lipinski definition) is 3. The van der Waals surface area contributed by atoms with E-state index in [0.29, 0.717) is 0 Å². The highest BCUT2D eigenvalue weighted by Gasteiger charge is 2.18. The Kier molecular flexibility index (Phi) is 4.42. The Balaban J connectivity index is 1.59. The van der Waals surface area contributed by atoms with Gasteiger partial charge in [-0.1, -0.05) is 0 Å². The van der Waals surface area contributed by atoms with E-state index < -0.39 is 0 Å². The molecule has 2 saturated heterocycles. The molecule has 3 heteroatoms. The molecule has 0 radical (unpaired) electrons. The van der Waals surface area contributed by atoms with Gasteiger partial charge in [0.05, 0.1) is 0 Å². The van der Waals surface area contributed by atoms with E-state index in [1.54, 1.807) is 0 Å². The van der Waals surface area contributed by atoms with E-state index in [4.69, 9.17) is 0 Å². The van der Waals surface area contributed by atoms with Crippen molar-refractivity contribution >= 4 is 0 Å². The zero-order valence-electron chi connectivity index (χ0n) is 10.0. The van der Waals surface area contributed by atoms with E-state index in [-0.39, 0.29) is 0 Å². The molecule has 0 spiro atoms. The van der Waals surface area contributed by atoms with E-state index in [1.807, 2.05) is 0 Å². The van der Waals surface area contributed by atoms with Gasteiger partial charge in [0.1, 0.15) is 0 Å². The molecule has 2 aliphatic heterocycles. The summed E-state index contributed by atoms with van der Waals surface area (Å²) in [6, 6.07) is 0.779. The maximum atomic E-state index is 3.49. The van der Waals surface area contributed by atoms with Gasteiger partial charge in [-0.25, -0.2) is 0 Å². The molecule has 0 aromatic heterocycles. The van der Waals surface area contributed by atoms with Crippen LogP contribution in [0.4, 0.5) is 0 Å². The fraction of sp³-hybridized carbons (Fsp3) is 1.00. The second-order valence-corrected chi connectivity index (χ2v) is 5.03. The van der Waals surface area contributed by atoms with E-state index in [9.17, 15) is 0 Å². The van der Waals surface area contributed by atoms with Crippen molar-refractivity contribution in [3.05, 3.63) is 0 Å². The normalized spacial score (nSPS) is 29.8. The number of nitrogens with zero attached hydrogens (tertiary/aromatic N) is 2. The van der Waals surface area contributed by atoms with Gasteiger partial charge >= 0.3 is 0 Å². The molecule has 0 saturated carbocycles. The third-order valence-corrected chi connectivity index (χ3v) is 3.85. The van der Waals surface area contributed by atoms with Gasteiger partial charge in [0, 0.05) is 25.7 Å². The third kappa shape index (κ3) is 3.44. The van der Waals surface area contributed by atoms with E-state index in [0.717, 1.165) is 6.04 Å². The molecule has 1 unspecified atom stereocenters. The first kappa shape index (κ1) is 11.4. The van der Waals surface area contributed by atoms with Crippen LogP contribution < -0.4 is 5.32 Å². The fourth-order valence-electron chi connectivity index (χ4n) is 2.74. The molecule has 3 nitrogen and oxygen atoms in total. The van der Waals surface area contributed by atoms with Crippen LogP contribution in [0.15, 0.2) is 0 Å². The first-order valence-corrected chi connectivity index (χ1v) is 6.49. The zero-order chi connectivity index (χ0) is 10.5. The minimum absolute atomic E-state index is 0.779. The highest BCUT2D eigenvalue weighted by Crippen LogP contribution is 2.11. The molecule has 0 bridgehead atoms. The average molecular weight is 211 g/mol. The van der Waals surface area contributed by atoms with Crippen LogP contribution in [-0.4, -0.2) is 62.2 Å². The lowest BCUT2D eigenvalue weighted by Crippen LogP contribution is -2.49. The SMILES string of the molecule is CN1CCNCC1CCCN1CCCC1. The molecule has 0 amide bonds. The van der Waals surface area contributed by atoms with Crippen molar-refractivity contribution in [3.63, 3.8) is 0 Å². The Labute approximate surface area is 93.8 Å². The second kappa shape index (κ2) is 5.83. The van der Waals surface area contributed by atoms with Crippen LogP contribution in [0.5, 0.6) is 0 Å². The minimum atomic E-state index is 0.779. The van der Waals surface area contributed by atoms with E-state index in [2.05, 4.69) is 22.2 Å². The highest BCUT2D eigenvalue weighted by atomic mass is 15.2. The van der Waals surface area contributed by atoms with Gasteiger partial charge in [-0.05, 0) is 52.4 Å². The summed E-state index contributed by atoms with van der Waals surface area (Å²) in [7, 11) is 2.27.